The molecule has 2 rings (SSSR count). The Morgan fingerprint density at radius 1 is 1.21 bits per heavy atom. The van der Waals surface area contributed by atoms with Gasteiger partial charge < -0.3 is 0 Å². The first-order valence-corrected chi connectivity index (χ1v) is 12.3. The minimum Gasteiger partial charge on any atom is -0.258 e. The molecule has 0 N–H and O–H groups in total. The summed E-state index contributed by atoms with van der Waals surface area (Å²) in [5.74, 6) is 0. The third kappa shape index (κ3) is 3.87. The molecular weight excluding hydrogens is 344 g/mol. The second-order valence-electron chi connectivity index (χ2n) is 6.59. The van der Waals surface area contributed by atoms with E-state index in [9.17, 15) is 18.5 Å². The van der Waals surface area contributed by atoms with Gasteiger partial charge in [0.1, 0.15) is 0 Å². The summed E-state index contributed by atoms with van der Waals surface area (Å²) in [6.45, 7) is 6.98. The van der Waals surface area contributed by atoms with Gasteiger partial charge in [-0.3, -0.25) is 10.1 Å². The van der Waals surface area contributed by atoms with E-state index in [1.54, 1.807) is 4.31 Å². The van der Waals surface area contributed by atoms with Crippen LogP contribution in [0.15, 0.2) is 29.2 Å². The normalized spacial score (nSPS) is 22.7. The van der Waals surface area contributed by atoms with Crippen molar-refractivity contribution in [2.24, 2.45) is 0 Å². The second-order valence-corrected chi connectivity index (χ2v) is 12.6. The summed E-state index contributed by atoms with van der Waals surface area (Å²) in [5, 5.41) is 10.7. The van der Waals surface area contributed by atoms with Crippen molar-refractivity contribution in [1.82, 2.24) is 4.31 Å². The highest BCUT2D eigenvalue weighted by atomic mass is 32.2. The number of sulfonamides is 1. The van der Waals surface area contributed by atoms with Gasteiger partial charge in [-0.05, 0) is 31.0 Å². The Balaban J connectivity index is 2.27. The molecule has 0 saturated carbocycles. The molecule has 0 aromatic heterocycles. The van der Waals surface area contributed by atoms with Gasteiger partial charge >= 0.3 is 0 Å². The largest absolute Gasteiger partial charge is 0.269 e. The lowest BCUT2D eigenvalue weighted by Crippen LogP contribution is -2.46. The van der Waals surface area contributed by atoms with Gasteiger partial charge in [-0.2, -0.15) is 4.31 Å². The first-order chi connectivity index (χ1) is 11.3. The van der Waals surface area contributed by atoms with Gasteiger partial charge in [-0.1, -0.05) is 32.4 Å². The Morgan fingerprint density at radius 3 is 2.29 bits per heavy atom. The quantitative estimate of drug-likeness (QED) is 0.436. The molecule has 2 unspecified atom stereocenters. The molecule has 0 amide bonds. The fraction of sp³-hybridized carbons (Fsp3) is 0.625. The molecule has 24 heavy (non-hydrogen) atoms. The maximum atomic E-state index is 13.0. The maximum absolute atomic E-state index is 13.0. The van der Waals surface area contributed by atoms with Crippen LogP contribution >= 0.6 is 0 Å². The third-order valence-corrected chi connectivity index (χ3v) is 11.2. The van der Waals surface area contributed by atoms with Crippen LogP contribution in [0, 0.1) is 10.1 Å². The molecule has 1 fully saturated rings. The van der Waals surface area contributed by atoms with E-state index in [1.807, 2.05) is 6.92 Å². The van der Waals surface area contributed by atoms with Crippen molar-refractivity contribution < 1.29 is 13.3 Å². The molecule has 6 nitrogen and oxygen atoms in total. The van der Waals surface area contributed by atoms with E-state index in [4.69, 9.17) is 0 Å². The monoisotopic (exact) mass is 370 g/mol. The Kier molecular flexibility index (Phi) is 6.16. The number of nitrogens with zero attached hydrogens (tertiary/aromatic N) is 2. The van der Waals surface area contributed by atoms with E-state index < -0.39 is 23.7 Å². The van der Waals surface area contributed by atoms with Crippen LogP contribution in [-0.4, -0.2) is 39.0 Å². The van der Waals surface area contributed by atoms with Crippen LogP contribution in [-0.2, 0) is 10.0 Å². The summed E-state index contributed by atoms with van der Waals surface area (Å²) in [7, 11) is -4.53. The van der Waals surface area contributed by atoms with Gasteiger partial charge in [0.25, 0.3) is 5.69 Å². The highest BCUT2D eigenvalue weighted by Gasteiger charge is 2.37. The van der Waals surface area contributed by atoms with Gasteiger partial charge in [-0.15, -0.1) is 0 Å². The molecule has 1 aromatic carbocycles. The zero-order chi connectivity index (χ0) is 17.9. The van der Waals surface area contributed by atoms with E-state index in [-0.39, 0.29) is 16.6 Å². The molecule has 0 aliphatic carbocycles. The second kappa shape index (κ2) is 7.75. The zero-order valence-electron chi connectivity index (χ0n) is 14.5. The van der Waals surface area contributed by atoms with E-state index in [0.29, 0.717) is 12.1 Å². The highest BCUT2D eigenvalue weighted by Crippen LogP contribution is 2.34. The van der Waals surface area contributed by atoms with Crippen molar-refractivity contribution in [3.05, 3.63) is 34.4 Å². The number of non-ortho nitro benzene ring substituents is 1. The summed E-state index contributed by atoms with van der Waals surface area (Å²) >= 11 is 0. The molecule has 2 atom stereocenters. The number of piperidine rings is 1. The summed E-state index contributed by atoms with van der Waals surface area (Å²) in [4.78, 5) is 10.4. The van der Waals surface area contributed by atoms with Gasteiger partial charge in [0.15, 0.2) is 0 Å². The summed E-state index contributed by atoms with van der Waals surface area (Å²) in [5.41, 5.74) is 0.423. The van der Waals surface area contributed by atoms with E-state index in [0.717, 1.165) is 12.8 Å². The van der Waals surface area contributed by atoms with Gasteiger partial charge in [-0.25, -0.2) is 8.42 Å². The van der Waals surface area contributed by atoms with E-state index in [1.165, 1.54) is 36.4 Å². The maximum Gasteiger partial charge on any atom is 0.269 e. The standard InChI is InChI=1S/C16H26N2O4SSi/c1-4-24(5-2)16-11-6-13(3)17(12-16)23(21,22)15-9-7-14(8-10-15)18(19)20/h7-10,13,16,24H,4-6,11-12H2,1-3H3. The summed E-state index contributed by atoms with van der Waals surface area (Å²) in [6, 6.07) is 7.58. The molecular formula is C16H26N2O4SSi. The van der Waals surface area contributed by atoms with Gasteiger partial charge in [0.05, 0.1) is 9.82 Å². The van der Waals surface area contributed by atoms with Crippen LogP contribution in [0.25, 0.3) is 0 Å². The van der Waals surface area contributed by atoms with Gasteiger partial charge in [0.2, 0.25) is 10.0 Å². The Hall–Kier alpha value is -1.25. The number of rotatable bonds is 6. The van der Waals surface area contributed by atoms with E-state index in [2.05, 4.69) is 13.8 Å². The van der Waals surface area contributed by atoms with Crippen LogP contribution in [0.2, 0.25) is 17.6 Å². The predicted octanol–water partition coefficient (Wildman–Crippen LogP) is 3.40. The van der Waals surface area contributed by atoms with Crippen molar-refractivity contribution in [2.45, 2.75) is 62.2 Å². The predicted molar refractivity (Wildman–Crippen MR) is 97.5 cm³/mol. The minimum absolute atomic E-state index is 0.0233. The zero-order valence-corrected chi connectivity index (χ0v) is 16.5. The van der Waals surface area contributed by atoms with Crippen molar-refractivity contribution in [3.8, 4) is 0 Å². The molecule has 0 bridgehead atoms. The van der Waals surface area contributed by atoms with E-state index >= 15 is 0 Å². The number of nitro benzene ring substituents is 1. The number of benzene rings is 1. The average Bonchev–Trinajstić information content (AvgIpc) is 2.57. The fourth-order valence-electron chi connectivity index (χ4n) is 3.65. The van der Waals surface area contributed by atoms with Crippen LogP contribution in [0.4, 0.5) is 5.69 Å². The first-order valence-electron chi connectivity index (χ1n) is 8.57. The Labute approximate surface area is 145 Å². The fourth-order valence-corrected chi connectivity index (χ4v) is 8.62. The lowest BCUT2D eigenvalue weighted by atomic mass is 10.1. The summed E-state index contributed by atoms with van der Waals surface area (Å²) in [6.07, 6.45) is 2.01. The molecule has 8 heteroatoms. The van der Waals surface area contributed by atoms with Crippen molar-refractivity contribution in [2.75, 3.05) is 6.54 Å². The lowest BCUT2D eigenvalue weighted by Gasteiger charge is -2.39. The summed E-state index contributed by atoms with van der Waals surface area (Å²) < 4.78 is 27.6. The van der Waals surface area contributed by atoms with Crippen LogP contribution < -0.4 is 0 Å². The molecule has 134 valence electrons. The SMILES string of the molecule is CC[SiH](CC)C1CCC(C)N(S(=O)(=O)c2ccc([N+](=O)[O-])cc2)C1. The number of hydrogen-bond acceptors (Lipinski definition) is 4. The molecule has 1 aliphatic rings. The molecule has 1 saturated heterocycles. The van der Waals surface area contributed by atoms with Crippen LogP contribution in [0.1, 0.15) is 33.6 Å². The van der Waals surface area contributed by atoms with Crippen LogP contribution in [0.5, 0.6) is 0 Å². The van der Waals surface area contributed by atoms with Crippen molar-refractivity contribution in [1.29, 1.82) is 0 Å². The molecule has 1 aromatic rings. The first kappa shape index (κ1) is 19.1. The van der Waals surface area contributed by atoms with Crippen LogP contribution in [0.3, 0.4) is 0 Å². The Bertz CT molecular complexity index is 674. The van der Waals surface area contributed by atoms with Gasteiger partial charge in [0, 0.05) is 33.5 Å². The average molecular weight is 371 g/mol. The number of hydrogen-bond donors (Lipinski definition) is 0. The lowest BCUT2D eigenvalue weighted by molar-refractivity contribution is -0.384. The molecule has 0 spiro atoms. The topological polar surface area (TPSA) is 80.5 Å². The van der Waals surface area contributed by atoms with Crippen molar-refractivity contribution >= 4 is 24.5 Å². The molecule has 1 heterocycles. The van der Waals surface area contributed by atoms with Crippen molar-refractivity contribution in [3.63, 3.8) is 0 Å². The minimum atomic E-state index is -3.60. The highest BCUT2D eigenvalue weighted by molar-refractivity contribution is 7.89. The molecule has 1 aliphatic heterocycles. The third-order valence-electron chi connectivity index (χ3n) is 5.23. The number of nitro groups is 1. The Morgan fingerprint density at radius 2 is 1.79 bits per heavy atom. The molecule has 0 radical (unpaired) electrons. The smallest absolute Gasteiger partial charge is 0.258 e.